The van der Waals surface area contributed by atoms with Crippen molar-refractivity contribution < 1.29 is 18.0 Å². The number of carbonyl (C=O) groups is 2. The number of carbonyl (C=O) groups excluding carboxylic acids is 2. The quantitative estimate of drug-likeness (QED) is 0.655. The molecule has 2 heterocycles. The Morgan fingerprint density at radius 1 is 1.23 bits per heavy atom. The molecular weight excluding hydrogens is 432 g/mol. The number of benzene rings is 1. The van der Waals surface area contributed by atoms with E-state index < -0.39 is 9.84 Å². The van der Waals surface area contributed by atoms with Gasteiger partial charge in [-0.15, -0.1) is 11.3 Å². The van der Waals surface area contributed by atoms with Gasteiger partial charge in [0.1, 0.15) is 0 Å². The number of rotatable bonds is 8. The maximum atomic E-state index is 12.8. The highest BCUT2D eigenvalue weighted by molar-refractivity contribution is 7.91. The average molecular weight is 461 g/mol. The van der Waals surface area contributed by atoms with E-state index in [1.165, 1.54) is 10.4 Å². The van der Waals surface area contributed by atoms with Gasteiger partial charge in [0.05, 0.1) is 10.6 Å². The first-order valence-electron chi connectivity index (χ1n) is 10.7. The number of hydrogen-bond acceptors (Lipinski definition) is 5. The molecule has 31 heavy (non-hydrogen) atoms. The summed E-state index contributed by atoms with van der Waals surface area (Å²) in [7, 11) is -3.57. The molecule has 0 unspecified atom stereocenters. The molecule has 1 aliphatic heterocycles. The minimum absolute atomic E-state index is 0.0406. The van der Waals surface area contributed by atoms with Crippen LogP contribution in [0.5, 0.6) is 0 Å². The second-order valence-corrected chi connectivity index (χ2v) is 11.6. The number of nitrogens with one attached hydrogen (secondary N) is 1. The molecule has 1 saturated carbocycles. The summed E-state index contributed by atoms with van der Waals surface area (Å²) in [5, 5.41) is 4.84. The summed E-state index contributed by atoms with van der Waals surface area (Å²) in [6.07, 6.45) is 3.23. The van der Waals surface area contributed by atoms with Crippen LogP contribution in [0.15, 0.2) is 34.5 Å². The third-order valence-corrected chi connectivity index (χ3v) is 8.83. The van der Waals surface area contributed by atoms with E-state index in [-0.39, 0.29) is 40.8 Å². The number of aryl methyl sites for hydroxylation is 1. The molecule has 1 aliphatic carbocycles. The van der Waals surface area contributed by atoms with Crippen LogP contribution in [0.3, 0.4) is 0 Å². The zero-order chi connectivity index (χ0) is 22.2. The number of sulfone groups is 1. The van der Waals surface area contributed by atoms with Gasteiger partial charge in [-0.05, 0) is 80.3 Å². The van der Waals surface area contributed by atoms with Crippen LogP contribution >= 0.6 is 11.3 Å². The Kier molecular flexibility index (Phi) is 6.21. The van der Waals surface area contributed by atoms with E-state index in [2.05, 4.69) is 5.32 Å². The van der Waals surface area contributed by atoms with Gasteiger partial charge in [0, 0.05) is 35.5 Å². The Morgan fingerprint density at radius 2 is 2.00 bits per heavy atom. The summed E-state index contributed by atoms with van der Waals surface area (Å²) in [4.78, 5) is 28.0. The van der Waals surface area contributed by atoms with Crippen LogP contribution < -0.4 is 10.2 Å². The fourth-order valence-corrected chi connectivity index (χ4v) is 6.27. The van der Waals surface area contributed by atoms with Crippen LogP contribution in [-0.2, 0) is 32.3 Å². The summed E-state index contributed by atoms with van der Waals surface area (Å²) in [6.45, 7) is 4.54. The van der Waals surface area contributed by atoms with E-state index in [9.17, 15) is 18.0 Å². The van der Waals surface area contributed by atoms with E-state index in [1.807, 2.05) is 30.2 Å². The summed E-state index contributed by atoms with van der Waals surface area (Å²) >= 11 is 1.66. The van der Waals surface area contributed by atoms with Crippen molar-refractivity contribution in [1.82, 2.24) is 5.32 Å². The molecule has 0 radical (unpaired) electrons. The predicted octanol–water partition coefficient (Wildman–Crippen LogP) is 3.27. The lowest BCUT2D eigenvalue weighted by atomic mass is 10.1. The molecule has 166 valence electrons. The van der Waals surface area contributed by atoms with Gasteiger partial charge in [0.2, 0.25) is 11.8 Å². The first-order chi connectivity index (χ1) is 14.8. The van der Waals surface area contributed by atoms with Crippen LogP contribution in [0.25, 0.3) is 0 Å². The van der Waals surface area contributed by atoms with Crippen LogP contribution in [0.4, 0.5) is 5.69 Å². The van der Waals surface area contributed by atoms with Crippen molar-refractivity contribution in [2.45, 2.75) is 56.9 Å². The highest BCUT2D eigenvalue weighted by Gasteiger charge is 2.39. The van der Waals surface area contributed by atoms with Crippen molar-refractivity contribution in [2.75, 3.05) is 17.2 Å². The first-order valence-corrected chi connectivity index (χ1v) is 13.3. The normalized spacial score (nSPS) is 18.1. The third kappa shape index (κ3) is 4.85. The third-order valence-electron chi connectivity index (χ3n) is 6.03. The van der Waals surface area contributed by atoms with Crippen molar-refractivity contribution in [3.8, 4) is 0 Å². The molecule has 1 N–H and O–H groups in total. The predicted molar refractivity (Wildman–Crippen MR) is 122 cm³/mol. The molecule has 2 aliphatic rings. The maximum Gasteiger partial charge on any atom is 0.230 e. The van der Waals surface area contributed by atoms with Crippen LogP contribution in [0.1, 0.15) is 42.2 Å². The standard InChI is InChI=1S/C23H28N2O4S2/c1-15-8-11-30-21(15)7-10-24-22(26)9-12-31(28,29)19-5-6-20-18(14-19)13-16(2)25(20)23(27)17-3-4-17/h5-6,8,11,14,16-17H,3-4,7,9-10,12-13H2,1-2H3,(H,24,26)/t16-/m0/s1. The summed E-state index contributed by atoms with van der Waals surface area (Å²) < 4.78 is 25.6. The smallest absolute Gasteiger partial charge is 0.230 e. The Balaban J connectivity index is 1.34. The molecule has 4 rings (SSSR count). The monoisotopic (exact) mass is 460 g/mol. The average Bonchev–Trinajstić information content (AvgIpc) is 3.42. The number of anilines is 1. The Labute approximate surface area is 187 Å². The molecule has 2 aromatic rings. The molecule has 6 nitrogen and oxygen atoms in total. The number of nitrogens with zero attached hydrogens (tertiary/aromatic N) is 1. The lowest BCUT2D eigenvalue weighted by Gasteiger charge is -2.22. The van der Waals surface area contributed by atoms with Gasteiger partial charge < -0.3 is 10.2 Å². The van der Waals surface area contributed by atoms with Crippen LogP contribution in [-0.4, -0.2) is 38.6 Å². The number of thiophene rings is 1. The van der Waals surface area contributed by atoms with Gasteiger partial charge in [-0.3, -0.25) is 9.59 Å². The Hall–Kier alpha value is -2.19. The number of amides is 2. The second-order valence-electron chi connectivity index (χ2n) is 8.52. The maximum absolute atomic E-state index is 12.8. The van der Waals surface area contributed by atoms with Crippen molar-refractivity contribution in [3.05, 3.63) is 45.6 Å². The van der Waals surface area contributed by atoms with Gasteiger partial charge in [-0.25, -0.2) is 8.42 Å². The zero-order valence-electron chi connectivity index (χ0n) is 17.9. The van der Waals surface area contributed by atoms with E-state index in [4.69, 9.17) is 0 Å². The highest BCUT2D eigenvalue weighted by Crippen LogP contribution is 2.39. The highest BCUT2D eigenvalue weighted by atomic mass is 32.2. The second kappa shape index (κ2) is 8.74. The zero-order valence-corrected chi connectivity index (χ0v) is 19.5. The van der Waals surface area contributed by atoms with E-state index in [1.54, 1.807) is 29.5 Å². The van der Waals surface area contributed by atoms with Crippen LogP contribution in [0, 0.1) is 12.8 Å². The molecule has 0 spiro atoms. The van der Waals surface area contributed by atoms with Gasteiger partial charge in [-0.2, -0.15) is 0 Å². The lowest BCUT2D eigenvalue weighted by molar-refractivity contribution is -0.121. The van der Waals surface area contributed by atoms with Gasteiger partial charge in [-0.1, -0.05) is 0 Å². The van der Waals surface area contributed by atoms with Gasteiger partial charge in [0.25, 0.3) is 0 Å². The fourth-order valence-electron chi connectivity index (χ4n) is 4.07. The van der Waals surface area contributed by atoms with Gasteiger partial charge in [0.15, 0.2) is 9.84 Å². The summed E-state index contributed by atoms with van der Waals surface area (Å²) in [6, 6.07) is 7.08. The SMILES string of the molecule is Cc1ccsc1CCNC(=O)CCS(=O)(=O)c1ccc2c(c1)C[C@H](C)N2C(=O)C1CC1. The van der Waals surface area contributed by atoms with Crippen molar-refractivity contribution >= 4 is 38.7 Å². The lowest BCUT2D eigenvalue weighted by Crippen LogP contribution is -2.36. The topological polar surface area (TPSA) is 83.6 Å². The molecule has 0 bridgehead atoms. The summed E-state index contributed by atoms with van der Waals surface area (Å²) in [5.41, 5.74) is 2.92. The molecular formula is C23H28N2O4S2. The largest absolute Gasteiger partial charge is 0.356 e. The van der Waals surface area contributed by atoms with Crippen molar-refractivity contribution in [2.24, 2.45) is 5.92 Å². The van der Waals surface area contributed by atoms with Crippen LogP contribution in [0.2, 0.25) is 0 Å². The van der Waals surface area contributed by atoms with E-state index >= 15 is 0 Å². The number of fused-ring (bicyclic) bond motifs is 1. The minimum atomic E-state index is -3.57. The van der Waals surface area contributed by atoms with Crippen molar-refractivity contribution in [3.63, 3.8) is 0 Å². The fraction of sp³-hybridized carbons (Fsp3) is 0.478. The molecule has 1 atom stereocenters. The number of hydrogen-bond donors (Lipinski definition) is 1. The molecule has 8 heteroatoms. The Bertz CT molecular complexity index is 1100. The first kappa shape index (κ1) is 22.0. The summed E-state index contributed by atoms with van der Waals surface area (Å²) in [5.74, 6) is -0.209. The molecule has 0 saturated heterocycles. The molecule has 1 aromatic heterocycles. The van der Waals surface area contributed by atoms with Gasteiger partial charge >= 0.3 is 0 Å². The Morgan fingerprint density at radius 3 is 2.68 bits per heavy atom. The molecule has 2 amide bonds. The van der Waals surface area contributed by atoms with Crippen molar-refractivity contribution in [1.29, 1.82) is 0 Å². The molecule has 1 fully saturated rings. The molecule has 1 aromatic carbocycles. The van der Waals surface area contributed by atoms with E-state index in [0.29, 0.717) is 13.0 Å². The minimum Gasteiger partial charge on any atom is -0.356 e. The van der Waals surface area contributed by atoms with E-state index in [0.717, 1.165) is 30.5 Å².